The lowest BCUT2D eigenvalue weighted by Crippen LogP contribution is -2.17. The molecule has 0 aliphatic rings. The smallest absolute Gasteiger partial charge is 0.267 e. The average molecular weight is 293 g/mol. The number of rotatable bonds is 3. The predicted molar refractivity (Wildman–Crippen MR) is 78.0 cm³/mol. The van der Waals surface area contributed by atoms with Crippen molar-refractivity contribution in [2.24, 2.45) is 5.10 Å². The largest absolute Gasteiger partial charge is 0.272 e. The molecule has 0 fully saturated rings. The van der Waals surface area contributed by atoms with Gasteiger partial charge in [0.25, 0.3) is 5.91 Å². The molecule has 0 aromatic heterocycles. The van der Waals surface area contributed by atoms with Gasteiger partial charge in [0.1, 0.15) is 0 Å². The molecule has 0 saturated heterocycles. The van der Waals surface area contributed by atoms with Crippen molar-refractivity contribution >= 4 is 35.3 Å². The van der Waals surface area contributed by atoms with Crippen LogP contribution in [0.2, 0.25) is 10.0 Å². The van der Waals surface area contributed by atoms with Gasteiger partial charge in [-0.3, -0.25) is 4.79 Å². The minimum Gasteiger partial charge on any atom is -0.267 e. The van der Waals surface area contributed by atoms with Gasteiger partial charge in [0.2, 0.25) is 0 Å². The fourth-order valence-electron chi connectivity index (χ4n) is 1.46. The molecule has 0 atom stereocenters. The zero-order chi connectivity index (χ0) is 13.7. The summed E-state index contributed by atoms with van der Waals surface area (Å²) in [5.74, 6) is -0.358. The van der Waals surface area contributed by atoms with Gasteiger partial charge >= 0.3 is 0 Å². The second-order valence-corrected chi connectivity index (χ2v) is 4.58. The molecule has 1 N–H and O–H groups in total. The number of benzene rings is 2. The van der Waals surface area contributed by atoms with Gasteiger partial charge in [-0.25, -0.2) is 5.43 Å². The number of carbonyl (C=O) groups is 1. The molecule has 2 rings (SSSR count). The summed E-state index contributed by atoms with van der Waals surface area (Å²) in [5.41, 5.74) is 3.59. The van der Waals surface area contributed by atoms with E-state index < -0.39 is 0 Å². The van der Waals surface area contributed by atoms with E-state index >= 15 is 0 Å². The average Bonchev–Trinajstić information content (AvgIpc) is 2.39. The highest BCUT2D eigenvalue weighted by Gasteiger charge is 2.07. The van der Waals surface area contributed by atoms with Crippen LogP contribution in [0.3, 0.4) is 0 Å². The summed E-state index contributed by atoms with van der Waals surface area (Å²) in [6.45, 7) is 0. The van der Waals surface area contributed by atoms with Crippen LogP contribution in [0.25, 0.3) is 0 Å². The Labute approximate surface area is 120 Å². The van der Waals surface area contributed by atoms with E-state index in [4.69, 9.17) is 23.2 Å². The van der Waals surface area contributed by atoms with E-state index in [2.05, 4.69) is 10.5 Å². The van der Waals surface area contributed by atoms with Crippen LogP contribution in [0.1, 0.15) is 15.9 Å². The third-order valence-electron chi connectivity index (χ3n) is 2.35. The van der Waals surface area contributed by atoms with Crippen molar-refractivity contribution in [2.75, 3.05) is 0 Å². The lowest BCUT2D eigenvalue weighted by Gasteiger charge is -2.01. The maximum Gasteiger partial charge on any atom is 0.272 e. The summed E-state index contributed by atoms with van der Waals surface area (Å²) >= 11 is 11.7. The maximum atomic E-state index is 11.8. The van der Waals surface area contributed by atoms with E-state index in [1.54, 1.807) is 42.5 Å². The Morgan fingerprint density at radius 3 is 2.63 bits per heavy atom. The van der Waals surface area contributed by atoms with Crippen LogP contribution in [0.4, 0.5) is 0 Å². The lowest BCUT2D eigenvalue weighted by atomic mass is 10.2. The number of halogens is 2. The van der Waals surface area contributed by atoms with Crippen molar-refractivity contribution < 1.29 is 4.79 Å². The Bertz CT molecular complexity index is 626. The molecule has 0 heterocycles. The number of hydrazone groups is 1. The first-order valence-electron chi connectivity index (χ1n) is 5.50. The Hall–Kier alpha value is -1.84. The fraction of sp³-hybridized carbons (Fsp3) is 0. The topological polar surface area (TPSA) is 41.5 Å². The molecule has 0 spiro atoms. The van der Waals surface area contributed by atoms with Gasteiger partial charge in [-0.05, 0) is 29.8 Å². The molecule has 1 amide bonds. The minimum absolute atomic E-state index is 0.358. The number of nitrogens with one attached hydrogen (secondary N) is 1. The molecule has 19 heavy (non-hydrogen) atoms. The van der Waals surface area contributed by atoms with Crippen LogP contribution in [0, 0.1) is 0 Å². The number of nitrogens with zero attached hydrogens (tertiary/aromatic N) is 1. The van der Waals surface area contributed by atoms with Crippen molar-refractivity contribution in [2.45, 2.75) is 0 Å². The van der Waals surface area contributed by atoms with Crippen molar-refractivity contribution in [3.8, 4) is 0 Å². The monoisotopic (exact) mass is 292 g/mol. The summed E-state index contributed by atoms with van der Waals surface area (Å²) in [6.07, 6.45) is 1.51. The van der Waals surface area contributed by atoms with Crippen molar-refractivity contribution in [3.63, 3.8) is 0 Å². The molecular weight excluding hydrogens is 283 g/mol. The van der Waals surface area contributed by atoms with Crippen LogP contribution in [-0.4, -0.2) is 12.1 Å². The van der Waals surface area contributed by atoms with Gasteiger partial charge in [-0.15, -0.1) is 0 Å². The molecule has 5 heteroatoms. The minimum atomic E-state index is -0.358. The number of amides is 1. The van der Waals surface area contributed by atoms with Crippen LogP contribution in [0.15, 0.2) is 53.6 Å². The molecule has 0 aliphatic carbocycles. The van der Waals surface area contributed by atoms with Crippen LogP contribution in [0.5, 0.6) is 0 Å². The van der Waals surface area contributed by atoms with Crippen molar-refractivity contribution in [3.05, 3.63) is 69.7 Å². The Morgan fingerprint density at radius 1 is 1.11 bits per heavy atom. The van der Waals surface area contributed by atoms with Gasteiger partial charge < -0.3 is 0 Å². The predicted octanol–water partition coefficient (Wildman–Crippen LogP) is 3.76. The third kappa shape index (κ3) is 3.81. The standard InChI is InChI=1S/C14H10Cl2N2O/c15-11-5-3-4-10(8-11)9-17-18-14(19)12-6-1-2-7-13(12)16/h1-9H,(H,18,19). The zero-order valence-electron chi connectivity index (χ0n) is 9.81. The summed E-state index contributed by atoms with van der Waals surface area (Å²) < 4.78 is 0. The summed E-state index contributed by atoms with van der Waals surface area (Å²) in [4.78, 5) is 11.8. The quantitative estimate of drug-likeness (QED) is 0.679. The van der Waals surface area contributed by atoms with E-state index in [0.717, 1.165) is 5.56 Å². The van der Waals surface area contributed by atoms with Gasteiger partial charge in [0, 0.05) is 5.02 Å². The van der Waals surface area contributed by atoms with Crippen LogP contribution >= 0.6 is 23.2 Å². The number of hydrogen-bond donors (Lipinski definition) is 1. The Balaban J connectivity index is 2.03. The molecule has 3 nitrogen and oxygen atoms in total. The highest BCUT2D eigenvalue weighted by atomic mass is 35.5. The van der Waals surface area contributed by atoms with Gasteiger partial charge in [-0.1, -0.05) is 47.5 Å². The van der Waals surface area contributed by atoms with Gasteiger partial charge in [0.15, 0.2) is 0 Å². The molecule has 0 saturated carbocycles. The highest BCUT2D eigenvalue weighted by molar-refractivity contribution is 6.33. The van der Waals surface area contributed by atoms with Crippen molar-refractivity contribution in [1.82, 2.24) is 5.43 Å². The van der Waals surface area contributed by atoms with Crippen LogP contribution in [-0.2, 0) is 0 Å². The fourth-order valence-corrected chi connectivity index (χ4v) is 1.88. The number of carbonyl (C=O) groups excluding carboxylic acids is 1. The first-order valence-corrected chi connectivity index (χ1v) is 6.26. The van der Waals surface area contributed by atoms with E-state index in [1.807, 2.05) is 6.07 Å². The first kappa shape index (κ1) is 13.6. The number of hydrogen-bond acceptors (Lipinski definition) is 2. The summed E-state index contributed by atoms with van der Waals surface area (Å²) in [6, 6.07) is 13.9. The second-order valence-electron chi connectivity index (χ2n) is 3.73. The van der Waals surface area contributed by atoms with Gasteiger partial charge in [-0.2, -0.15) is 5.10 Å². The third-order valence-corrected chi connectivity index (χ3v) is 2.91. The summed E-state index contributed by atoms with van der Waals surface area (Å²) in [5, 5.41) is 4.86. The maximum absolute atomic E-state index is 11.8. The van der Waals surface area contributed by atoms with Crippen LogP contribution < -0.4 is 5.43 Å². The molecule has 0 bridgehead atoms. The Morgan fingerprint density at radius 2 is 1.89 bits per heavy atom. The molecule has 0 aliphatic heterocycles. The van der Waals surface area contributed by atoms with E-state index in [9.17, 15) is 4.79 Å². The Kier molecular flexibility index (Phi) is 4.55. The lowest BCUT2D eigenvalue weighted by molar-refractivity contribution is 0.0955. The molecule has 0 unspecified atom stereocenters. The molecule has 0 radical (unpaired) electrons. The zero-order valence-corrected chi connectivity index (χ0v) is 11.3. The summed E-state index contributed by atoms with van der Waals surface area (Å²) in [7, 11) is 0. The van der Waals surface area contributed by atoms with E-state index in [1.165, 1.54) is 6.21 Å². The SMILES string of the molecule is O=C(NN=Cc1cccc(Cl)c1)c1ccccc1Cl. The molecule has 96 valence electrons. The van der Waals surface area contributed by atoms with E-state index in [0.29, 0.717) is 15.6 Å². The normalized spacial score (nSPS) is 10.6. The first-order chi connectivity index (χ1) is 9.16. The van der Waals surface area contributed by atoms with Gasteiger partial charge in [0.05, 0.1) is 16.8 Å². The molecule has 2 aromatic carbocycles. The second kappa shape index (κ2) is 6.36. The molecule has 2 aromatic rings. The van der Waals surface area contributed by atoms with E-state index in [-0.39, 0.29) is 5.91 Å². The highest BCUT2D eigenvalue weighted by Crippen LogP contribution is 2.14. The molecular formula is C14H10Cl2N2O. The van der Waals surface area contributed by atoms with Crippen molar-refractivity contribution in [1.29, 1.82) is 0 Å².